The van der Waals surface area contributed by atoms with Gasteiger partial charge in [0.05, 0.1) is 53.0 Å². The van der Waals surface area contributed by atoms with Gasteiger partial charge in [-0.1, -0.05) is 41.4 Å². The maximum atomic E-state index is 13.4. The minimum absolute atomic E-state index is 0.0100. The van der Waals surface area contributed by atoms with E-state index in [1.54, 1.807) is 48.0 Å². The number of halogens is 3. The summed E-state index contributed by atoms with van der Waals surface area (Å²) in [5, 5.41) is 15.6. The number of alkyl halides is 1. The Morgan fingerprint density at radius 1 is 1.13 bits per heavy atom. The SMILES string of the molecule is COc1nc(-c2ccnc(-c3cccc(NC(=O)c4nc5c(n4C)CCN(CCCF)C5)c3Cl)c2Cl)ccc1CNC(C)CC(=O)O. The molecule has 47 heavy (non-hydrogen) atoms. The van der Waals surface area contributed by atoms with Crippen molar-refractivity contribution >= 4 is 40.8 Å². The number of aromatic nitrogens is 4. The highest BCUT2D eigenvalue weighted by Gasteiger charge is 2.26. The second-order valence-corrected chi connectivity index (χ2v) is 12.1. The predicted molar refractivity (Wildman–Crippen MR) is 179 cm³/mol. The molecule has 0 bridgehead atoms. The van der Waals surface area contributed by atoms with E-state index in [0.717, 1.165) is 29.9 Å². The van der Waals surface area contributed by atoms with Crippen LogP contribution in [0.4, 0.5) is 10.1 Å². The van der Waals surface area contributed by atoms with Crippen molar-refractivity contribution in [3.05, 3.63) is 75.4 Å². The average molecular weight is 685 g/mol. The minimum atomic E-state index is -0.882. The van der Waals surface area contributed by atoms with Crippen LogP contribution in [-0.4, -0.2) is 74.3 Å². The van der Waals surface area contributed by atoms with E-state index in [9.17, 15) is 14.0 Å². The van der Waals surface area contributed by atoms with Gasteiger partial charge in [0.2, 0.25) is 5.88 Å². The number of anilines is 1. The molecule has 1 amide bonds. The number of benzene rings is 1. The molecule has 4 heterocycles. The molecule has 1 aliphatic rings. The molecule has 1 aliphatic heterocycles. The van der Waals surface area contributed by atoms with Crippen molar-refractivity contribution in [2.45, 2.75) is 45.3 Å². The van der Waals surface area contributed by atoms with Gasteiger partial charge in [0.25, 0.3) is 5.91 Å². The molecule has 248 valence electrons. The molecular formula is C33H36Cl2FN7O4. The first kappa shape index (κ1) is 34.2. The first-order valence-corrected chi connectivity index (χ1v) is 15.9. The molecule has 3 N–H and O–H groups in total. The molecule has 3 aromatic heterocycles. The minimum Gasteiger partial charge on any atom is -0.481 e. The van der Waals surface area contributed by atoms with E-state index in [1.165, 1.54) is 7.11 Å². The fourth-order valence-corrected chi connectivity index (χ4v) is 6.20. The molecule has 4 aromatic rings. The number of ether oxygens (including phenoxy) is 1. The van der Waals surface area contributed by atoms with Crippen LogP contribution in [0.2, 0.25) is 10.0 Å². The van der Waals surface area contributed by atoms with Crippen LogP contribution >= 0.6 is 23.2 Å². The molecule has 11 nitrogen and oxygen atoms in total. The van der Waals surface area contributed by atoms with E-state index in [0.29, 0.717) is 65.2 Å². The zero-order valence-electron chi connectivity index (χ0n) is 26.3. The highest BCUT2D eigenvalue weighted by molar-refractivity contribution is 6.39. The van der Waals surface area contributed by atoms with Crippen LogP contribution in [0.15, 0.2) is 42.6 Å². The van der Waals surface area contributed by atoms with Crippen molar-refractivity contribution in [1.29, 1.82) is 0 Å². The Labute approximate surface area is 282 Å². The van der Waals surface area contributed by atoms with Gasteiger partial charge in [0, 0.05) is 74.3 Å². The molecule has 0 spiro atoms. The van der Waals surface area contributed by atoms with Gasteiger partial charge in [-0.15, -0.1) is 0 Å². The highest BCUT2D eigenvalue weighted by Crippen LogP contribution is 2.40. The maximum Gasteiger partial charge on any atom is 0.304 e. The number of carbonyl (C=O) groups excluding carboxylic acids is 1. The van der Waals surface area contributed by atoms with Gasteiger partial charge >= 0.3 is 5.97 Å². The van der Waals surface area contributed by atoms with Gasteiger partial charge in [0.15, 0.2) is 5.82 Å². The predicted octanol–water partition coefficient (Wildman–Crippen LogP) is 5.78. The Kier molecular flexibility index (Phi) is 11.1. The lowest BCUT2D eigenvalue weighted by Gasteiger charge is -2.26. The maximum absolute atomic E-state index is 13.4. The zero-order valence-corrected chi connectivity index (χ0v) is 27.8. The lowest BCUT2D eigenvalue weighted by atomic mass is 10.1. The number of carboxylic acid groups (broad SMARTS) is 1. The van der Waals surface area contributed by atoms with Crippen LogP contribution in [0, 0.1) is 0 Å². The number of carboxylic acids is 1. The van der Waals surface area contributed by atoms with Crippen LogP contribution in [0.1, 0.15) is 47.3 Å². The van der Waals surface area contributed by atoms with Crippen LogP contribution in [0.3, 0.4) is 0 Å². The van der Waals surface area contributed by atoms with E-state index in [2.05, 4.69) is 30.5 Å². The van der Waals surface area contributed by atoms with Gasteiger partial charge in [0.1, 0.15) is 0 Å². The molecule has 1 atom stereocenters. The standard InChI is InChI=1S/C33H36Cl2FN7O4/c1-19(16-27(44)45)38-17-20-8-9-23(41-33(20)47-3)21-10-13-37-30(29(21)35)22-6-4-7-24(28(22)34)40-32(46)31-39-25-18-43(14-5-12-36)15-11-26(25)42(31)2/h4,6-10,13,19,38H,5,11-12,14-18H2,1-3H3,(H,40,46)(H,44,45). The summed E-state index contributed by atoms with van der Waals surface area (Å²) in [6.45, 7) is 3.80. The Morgan fingerprint density at radius 2 is 1.94 bits per heavy atom. The molecule has 0 saturated carbocycles. The number of methoxy groups -OCH3 is 1. The van der Waals surface area contributed by atoms with Crippen molar-refractivity contribution in [2.24, 2.45) is 7.05 Å². The number of nitrogens with zero attached hydrogens (tertiary/aromatic N) is 5. The molecule has 0 aliphatic carbocycles. The molecule has 0 fully saturated rings. The Morgan fingerprint density at radius 3 is 2.68 bits per heavy atom. The number of imidazole rings is 1. The summed E-state index contributed by atoms with van der Waals surface area (Å²) in [4.78, 5) is 40.3. The summed E-state index contributed by atoms with van der Waals surface area (Å²) >= 11 is 13.8. The largest absolute Gasteiger partial charge is 0.481 e. The summed E-state index contributed by atoms with van der Waals surface area (Å²) in [5.74, 6) is -0.657. The quantitative estimate of drug-likeness (QED) is 0.160. The van der Waals surface area contributed by atoms with Gasteiger partial charge < -0.3 is 25.0 Å². The Bertz CT molecular complexity index is 1780. The molecule has 5 rings (SSSR count). The van der Waals surface area contributed by atoms with E-state index < -0.39 is 11.9 Å². The lowest BCUT2D eigenvalue weighted by Crippen LogP contribution is -2.32. The number of carbonyl (C=O) groups is 2. The van der Waals surface area contributed by atoms with E-state index in [4.69, 9.17) is 33.0 Å². The topological polar surface area (TPSA) is 134 Å². The van der Waals surface area contributed by atoms with Crippen molar-refractivity contribution < 1.29 is 23.8 Å². The normalized spacial score (nSPS) is 13.7. The number of fused-ring (bicyclic) bond motifs is 1. The molecule has 1 unspecified atom stereocenters. The lowest BCUT2D eigenvalue weighted by molar-refractivity contribution is -0.137. The highest BCUT2D eigenvalue weighted by atomic mass is 35.5. The van der Waals surface area contributed by atoms with Gasteiger partial charge in [-0.25, -0.2) is 9.97 Å². The number of nitrogens with one attached hydrogen (secondary N) is 2. The van der Waals surface area contributed by atoms with Gasteiger partial charge in [-0.05, 0) is 31.5 Å². The zero-order chi connectivity index (χ0) is 33.7. The average Bonchev–Trinajstić information content (AvgIpc) is 3.39. The molecule has 14 heteroatoms. The van der Waals surface area contributed by atoms with Crippen LogP contribution in [0.25, 0.3) is 22.5 Å². The van der Waals surface area contributed by atoms with E-state index in [-0.39, 0.29) is 30.0 Å². The second-order valence-electron chi connectivity index (χ2n) is 11.3. The number of pyridine rings is 2. The third kappa shape index (κ3) is 7.73. The first-order valence-electron chi connectivity index (χ1n) is 15.2. The number of rotatable bonds is 13. The second kappa shape index (κ2) is 15.2. The number of aliphatic carboxylic acids is 1. The summed E-state index contributed by atoms with van der Waals surface area (Å²) in [5.41, 5.74) is 4.99. The van der Waals surface area contributed by atoms with Gasteiger partial charge in [-0.2, -0.15) is 0 Å². The smallest absolute Gasteiger partial charge is 0.304 e. The Hall–Kier alpha value is -4.10. The van der Waals surface area contributed by atoms with Crippen LogP contribution in [-0.2, 0) is 31.4 Å². The summed E-state index contributed by atoms with van der Waals surface area (Å²) < 4.78 is 20.0. The van der Waals surface area contributed by atoms with Crippen molar-refractivity contribution in [3.63, 3.8) is 0 Å². The molecular weight excluding hydrogens is 648 g/mol. The van der Waals surface area contributed by atoms with Crippen LogP contribution < -0.4 is 15.4 Å². The third-order valence-electron chi connectivity index (χ3n) is 8.07. The fourth-order valence-electron chi connectivity index (χ4n) is 5.63. The van der Waals surface area contributed by atoms with Crippen molar-refractivity contribution in [2.75, 3.05) is 32.2 Å². The first-order chi connectivity index (χ1) is 22.6. The summed E-state index contributed by atoms with van der Waals surface area (Å²) in [6.07, 6.45) is 2.79. The molecule has 0 radical (unpaired) electrons. The monoisotopic (exact) mass is 683 g/mol. The fraction of sp³-hybridized carbons (Fsp3) is 0.364. The van der Waals surface area contributed by atoms with Crippen LogP contribution in [0.5, 0.6) is 5.88 Å². The Balaban J connectivity index is 1.37. The van der Waals surface area contributed by atoms with Gasteiger partial charge in [-0.3, -0.25) is 23.9 Å². The number of hydrogen-bond donors (Lipinski definition) is 3. The third-order valence-corrected chi connectivity index (χ3v) is 8.86. The number of amides is 1. The van der Waals surface area contributed by atoms with E-state index >= 15 is 0 Å². The summed E-state index contributed by atoms with van der Waals surface area (Å²) in [6, 6.07) is 10.4. The summed E-state index contributed by atoms with van der Waals surface area (Å²) in [7, 11) is 3.33. The number of hydrogen-bond acceptors (Lipinski definition) is 8. The molecule has 0 saturated heterocycles. The van der Waals surface area contributed by atoms with E-state index in [1.807, 2.05) is 13.1 Å². The van der Waals surface area contributed by atoms with Crippen molar-refractivity contribution in [3.8, 4) is 28.4 Å². The van der Waals surface area contributed by atoms with Crippen molar-refractivity contribution in [1.82, 2.24) is 29.7 Å². The molecule has 1 aromatic carbocycles.